The van der Waals surface area contributed by atoms with Crippen LogP contribution in [0.1, 0.15) is 12.8 Å². The molecule has 1 aromatic rings. The molecule has 3 N–H and O–H groups in total. The summed E-state index contributed by atoms with van der Waals surface area (Å²) in [6.45, 7) is 1.13. The highest BCUT2D eigenvalue weighted by Gasteiger charge is 2.15. The van der Waals surface area contributed by atoms with Crippen LogP contribution in [0.5, 0.6) is 5.75 Å². The van der Waals surface area contributed by atoms with E-state index in [1.165, 1.54) is 18.2 Å². The summed E-state index contributed by atoms with van der Waals surface area (Å²) in [6, 6.07) is 5.57. The number of nitrogens with one attached hydrogen (secondary N) is 3. The Labute approximate surface area is 133 Å². The van der Waals surface area contributed by atoms with Crippen LogP contribution in [-0.2, 0) is 9.53 Å². The normalized spacial score (nSPS) is 16.9. The van der Waals surface area contributed by atoms with Crippen LogP contribution >= 0.6 is 12.2 Å². The van der Waals surface area contributed by atoms with Gasteiger partial charge in [0.1, 0.15) is 11.6 Å². The molecule has 2 rings (SSSR count). The number of ether oxygens (including phenoxy) is 2. The predicted molar refractivity (Wildman–Crippen MR) is 82.7 cm³/mol. The summed E-state index contributed by atoms with van der Waals surface area (Å²) < 4.78 is 23.5. The molecule has 0 radical (unpaired) electrons. The minimum Gasteiger partial charge on any atom is -0.484 e. The van der Waals surface area contributed by atoms with Crippen LogP contribution in [0.15, 0.2) is 24.3 Å². The molecule has 1 saturated heterocycles. The van der Waals surface area contributed by atoms with Gasteiger partial charge in [-0.05, 0) is 37.2 Å². The summed E-state index contributed by atoms with van der Waals surface area (Å²) >= 11 is 5.02. The number of hydrogen-bond donors (Lipinski definition) is 3. The molecular formula is C14H18FN3O3S. The number of hydrogen-bond acceptors (Lipinski definition) is 4. The Hall–Kier alpha value is -1.93. The van der Waals surface area contributed by atoms with E-state index >= 15 is 0 Å². The molecule has 8 heteroatoms. The topological polar surface area (TPSA) is 71.6 Å². The summed E-state index contributed by atoms with van der Waals surface area (Å²) in [5.41, 5.74) is 4.96. The van der Waals surface area contributed by atoms with Crippen molar-refractivity contribution in [2.75, 3.05) is 19.8 Å². The van der Waals surface area contributed by atoms with E-state index in [1.807, 2.05) is 0 Å². The van der Waals surface area contributed by atoms with Gasteiger partial charge in [0.25, 0.3) is 5.91 Å². The number of thiocarbonyl (C=S) groups is 1. The number of carbonyl (C=O) groups excluding carboxylic acids is 1. The lowest BCUT2D eigenvalue weighted by molar-refractivity contribution is -0.123. The van der Waals surface area contributed by atoms with Gasteiger partial charge >= 0.3 is 0 Å². The van der Waals surface area contributed by atoms with Gasteiger partial charge in [-0.2, -0.15) is 0 Å². The summed E-state index contributed by atoms with van der Waals surface area (Å²) in [5, 5.41) is 3.25. The van der Waals surface area contributed by atoms with Crippen LogP contribution in [0.3, 0.4) is 0 Å². The van der Waals surface area contributed by atoms with Crippen molar-refractivity contribution in [3.63, 3.8) is 0 Å². The molecule has 22 heavy (non-hydrogen) atoms. The zero-order valence-corrected chi connectivity index (χ0v) is 12.7. The van der Waals surface area contributed by atoms with Crippen LogP contribution in [0.2, 0.25) is 0 Å². The van der Waals surface area contributed by atoms with E-state index < -0.39 is 11.7 Å². The van der Waals surface area contributed by atoms with Crippen LogP contribution in [-0.4, -0.2) is 36.9 Å². The highest BCUT2D eigenvalue weighted by atomic mass is 32.1. The SMILES string of the molecule is O=C(COc1cccc(F)c1)NNC(=S)NC[C@H]1CCCO1. The minimum absolute atomic E-state index is 0.159. The first-order chi connectivity index (χ1) is 10.6. The third kappa shape index (κ3) is 5.82. The van der Waals surface area contributed by atoms with Crippen molar-refractivity contribution < 1.29 is 18.7 Å². The molecule has 6 nitrogen and oxygen atoms in total. The molecule has 0 aromatic heterocycles. The molecule has 1 heterocycles. The van der Waals surface area contributed by atoms with Crippen molar-refractivity contribution in [3.05, 3.63) is 30.1 Å². The summed E-state index contributed by atoms with van der Waals surface area (Å²) in [6.07, 6.45) is 2.22. The second-order valence-corrected chi connectivity index (χ2v) is 5.17. The van der Waals surface area contributed by atoms with Crippen molar-refractivity contribution in [1.82, 2.24) is 16.2 Å². The van der Waals surface area contributed by atoms with Gasteiger partial charge in [0.2, 0.25) is 0 Å². The van der Waals surface area contributed by atoms with E-state index in [-0.39, 0.29) is 18.5 Å². The third-order valence-corrected chi connectivity index (χ3v) is 3.24. The molecule has 1 aromatic carbocycles. The third-order valence-electron chi connectivity index (χ3n) is 3.00. The van der Waals surface area contributed by atoms with Gasteiger partial charge in [-0.1, -0.05) is 6.07 Å². The summed E-state index contributed by atoms with van der Waals surface area (Å²) in [7, 11) is 0. The molecule has 1 aliphatic rings. The molecule has 0 aliphatic carbocycles. The fourth-order valence-electron chi connectivity index (χ4n) is 1.92. The van der Waals surface area contributed by atoms with Crippen LogP contribution in [0.25, 0.3) is 0 Å². The van der Waals surface area contributed by atoms with Gasteiger partial charge in [0, 0.05) is 19.2 Å². The first-order valence-electron chi connectivity index (χ1n) is 6.96. The Morgan fingerprint density at radius 2 is 2.32 bits per heavy atom. The Kier molecular flexibility index (Phi) is 6.35. The van der Waals surface area contributed by atoms with E-state index in [2.05, 4.69) is 16.2 Å². The lowest BCUT2D eigenvalue weighted by Crippen LogP contribution is -2.49. The van der Waals surface area contributed by atoms with Crippen molar-refractivity contribution in [2.24, 2.45) is 0 Å². The van der Waals surface area contributed by atoms with Gasteiger partial charge < -0.3 is 14.8 Å². The van der Waals surface area contributed by atoms with E-state index in [4.69, 9.17) is 21.7 Å². The molecule has 1 atom stereocenters. The zero-order valence-electron chi connectivity index (χ0n) is 11.9. The quantitative estimate of drug-likeness (QED) is 0.551. The van der Waals surface area contributed by atoms with E-state index in [9.17, 15) is 9.18 Å². The van der Waals surface area contributed by atoms with Crippen molar-refractivity contribution in [3.8, 4) is 5.75 Å². The lowest BCUT2D eigenvalue weighted by atomic mass is 10.2. The molecule has 0 bridgehead atoms. The highest BCUT2D eigenvalue weighted by Crippen LogP contribution is 2.11. The number of halogens is 1. The minimum atomic E-state index is -0.425. The average molecular weight is 327 g/mol. The largest absolute Gasteiger partial charge is 0.484 e. The number of rotatable bonds is 5. The van der Waals surface area contributed by atoms with Crippen molar-refractivity contribution >= 4 is 23.2 Å². The molecule has 1 fully saturated rings. The van der Waals surface area contributed by atoms with Gasteiger partial charge in [0.05, 0.1) is 6.10 Å². The maximum Gasteiger partial charge on any atom is 0.276 e. The highest BCUT2D eigenvalue weighted by molar-refractivity contribution is 7.80. The predicted octanol–water partition coefficient (Wildman–Crippen LogP) is 0.879. The number of benzene rings is 1. The zero-order chi connectivity index (χ0) is 15.8. The maximum absolute atomic E-state index is 12.9. The Morgan fingerprint density at radius 1 is 1.45 bits per heavy atom. The van der Waals surface area contributed by atoms with E-state index in [1.54, 1.807) is 6.07 Å². The molecule has 0 spiro atoms. The molecular weight excluding hydrogens is 309 g/mol. The monoisotopic (exact) mass is 327 g/mol. The first kappa shape index (κ1) is 16.4. The summed E-state index contributed by atoms with van der Waals surface area (Å²) in [4.78, 5) is 11.6. The van der Waals surface area contributed by atoms with Gasteiger partial charge in [-0.3, -0.25) is 15.6 Å². The van der Waals surface area contributed by atoms with E-state index in [0.717, 1.165) is 19.4 Å². The second kappa shape index (κ2) is 8.50. The van der Waals surface area contributed by atoms with Gasteiger partial charge in [0.15, 0.2) is 11.7 Å². The molecule has 120 valence electrons. The first-order valence-corrected chi connectivity index (χ1v) is 7.37. The van der Waals surface area contributed by atoms with E-state index in [0.29, 0.717) is 11.7 Å². The standard InChI is InChI=1S/C14H18FN3O3S/c15-10-3-1-4-11(7-10)21-9-13(19)17-18-14(22)16-8-12-5-2-6-20-12/h1,3-4,7,12H,2,5-6,8-9H2,(H,17,19)(H2,16,18,22)/t12-/m1/s1. The number of carbonyl (C=O) groups is 1. The van der Waals surface area contributed by atoms with Crippen molar-refractivity contribution in [2.45, 2.75) is 18.9 Å². The van der Waals surface area contributed by atoms with Crippen molar-refractivity contribution in [1.29, 1.82) is 0 Å². The van der Waals surface area contributed by atoms with Gasteiger partial charge in [-0.25, -0.2) is 4.39 Å². The smallest absolute Gasteiger partial charge is 0.276 e. The Morgan fingerprint density at radius 3 is 3.05 bits per heavy atom. The summed E-state index contributed by atoms with van der Waals surface area (Å²) in [5.74, 6) is -0.560. The molecule has 0 unspecified atom stereocenters. The number of hydrazine groups is 1. The molecule has 1 amide bonds. The maximum atomic E-state index is 12.9. The second-order valence-electron chi connectivity index (χ2n) is 4.76. The number of amides is 1. The Balaban J connectivity index is 1.59. The average Bonchev–Trinajstić information content (AvgIpc) is 3.02. The van der Waals surface area contributed by atoms with Crippen LogP contribution in [0.4, 0.5) is 4.39 Å². The van der Waals surface area contributed by atoms with Crippen LogP contribution in [0, 0.1) is 5.82 Å². The molecule has 0 saturated carbocycles. The molecule has 1 aliphatic heterocycles. The van der Waals surface area contributed by atoms with Crippen LogP contribution < -0.4 is 20.9 Å². The Bertz CT molecular complexity index is 524. The lowest BCUT2D eigenvalue weighted by Gasteiger charge is -2.14. The van der Waals surface area contributed by atoms with Gasteiger partial charge in [-0.15, -0.1) is 0 Å². The fourth-order valence-corrected chi connectivity index (χ4v) is 2.06. The fraction of sp³-hybridized carbons (Fsp3) is 0.429.